The summed E-state index contributed by atoms with van der Waals surface area (Å²) in [6.07, 6.45) is 1.46. The van der Waals surface area contributed by atoms with E-state index in [1.807, 2.05) is 6.07 Å². The Kier molecular flexibility index (Phi) is 4.82. The molecular formula is C14H14N6O2. The van der Waals surface area contributed by atoms with Gasteiger partial charge in [0, 0.05) is 11.9 Å². The van der Waals surface area contributed by atoms with Crippen LogP contribution in [0.15, 0.2) is 24.4 Å². The molecule has 22 heavy (non-hydrogen) atoms. The largest absolute Gasteiger partial charge is 0.462 e. The third kappa shape index (κ3) is 3.27. The summed E-state index contributed by atoms with van der Waals surface area (Å²) in [5.74, 6) is -0.194. The Labute approximate surface area is 126 Å². The minimum absolute atomic E-state index is 0.189. The predicted octanol–water partition coefficient (Wildman–Crippen LogP) is 1.66. The summed E-state index contributed by atoms with van der Waals surface area (Å²) in [4.78, 5) is 11.8. The van der Waals surface area contributed by atoms with Gasteiger partial charge in [0.05, 0.1) is 12.2 Å². The Morgan fingerprint density at radius 3 is 3.00 bits per heavy atom. The van der Waals surface area contributed by atoms with Crippen LogP contribution in [-0.2, 0) is 4.74 Å². The molecule has 0 spiro atoms. The van der Waals surface area contributed by atoms with Gasteiger partial charge >= 0.3 is 5.97 Å². The number of nitrogens with one attached hydrogen (secondary N) is 2. The van der Waals surface area contributed by atoms with Crippen LogP contribution < -0.4 is 5.32 Å². The summed E-state index contributed by atoms with van der Waals surface area (Å²) >= 11 is 0. The summed E-state index contributed by atoms with van der Waals surface area (Å²) in [6.45, 7) is 3.86. The van der Waals surface area contributed by atoms with Gasteiger partial charge in [-0.3, -0.25) is 0 Å². The van der Waals surface area contributed by atoms with Crippen LogP contribution in [0, 0.1) is 18.3 Å². The van der Waals surface area contributed by atoms with Gasteiger partial charge in [0.1, 0.15) is 11.6 Å². The molecule has 0 atom stereocenters. The molecule has 0 aliphatic heterocycles. The predicted molar refractivity (Wildman–Crippen MR) is 78.5 cm³/mol. The third-order valence-corrected chi connectivity index (χ3v) is 2.91. The number of H-pyrrole nitrogens is 1. The molecule has 2 rings (SSSR count). The summed E-state index contributed by atoms with van der Waals surface area (Å²) in [5.41, 5.74) is 2.09. The first-order valence-corrected chi connectivity index (χ1v) is 6.54. The minimum atomic E-state index is -0.383. The van der Waals surface area contributed by atoms with Crippen LogP contribution in [0.25, 0.3) is 5.57 Å². The topological polar surface area (TPSA) is 117 Å². The highest BCUT2D eigenvalue weighted by molar-refractivity contribution is 5.93. The lowest BCUT2D eigenvalue weighted by molar-refractivity contribution is 0.0525. The molecule has 2 N–H and O–H groups in total. The number of benzene rings is 1. The van der Waals surface area contributed by atoms with Crippen LogP contribution in [0.5, 0.6) is 0 Å². The van der Waals surface area contributed by atoms with Gasteiger partial charge < -0.3 is 10.1 Å². The molecule has 0 unspecified atom stereocenters. The summed E-state index contributed by atoms with van der Waals surface area (Å²) < 4.78 is 5.00. The maximum atomic E-state index is 11.8. The highest BCUT2D eigenvalue weighted by atomic mass is 16.5. The molecule has 1 heterocycles. The zero-order valence-electron chi connectivity index (χ0n) is 12.1. The summed E-state index contributed by atoms with van der Waals surface area (Å²) in [6, 6.07) is 7.18. The molecule has 0 amide bonds. The molecule has 0 aliphatic carbocycles. The number of carbonyl (C=O) groups is 1. The van der Waals surface area contributed by atoms with Crippen molar-refractivity contribution in [2.75, 3.05) is 11.9 Å². The van der Waals surface area contributed by atoms with Crippen LogP contribution in [0.4, 0.5) is 5.69 Å². The molecule has 0 fully saturated rings. The minimum Gasteiger partial charge on any atom is -0.462 e. The van der Waals surface area contributed by atoms with Crippen LogP contribution in [0.3, 0.4) is 0 Å². The van der Waals surface area contributed by atoms with Crippen LogP contribution in [-0.4, -0.2) is 33.2 Å². The van der Waals surface area contributed by atoms with Crippen molar-refractivity contribution in [2.45, 2.75) is 13.8 Å². The van der Waals surface area contributed by atoms with Crippen molar-refractivity contribution < 1.29 is 9.53 Å². The van der Waals surface area contributed by atoms with E-state index in [9.17, 15) is 4.79 Å². The first-order chi connectivity index (χ1) is 10.7. The highest BCUT2D eigenvalue weighted by Crippen LogP contribution is 2.20. The lowest BCUT2D eigenvalue weighted by atomic mass is 10.1. The van der Waals surface area contributed by atoms with Crippen molar-refractivity contribution in [2.24, 2.45) is 0 Å². The molecule has 112 valence electrons. The number of nitrogens with zero attached hydrogens (tertiary/aromatic N) is 4. The molecule has 8 nitrogen and oxygen atoms in total. The molecule has 1 aromatic carbocycles. The van der Waals surface area contributed by atoms with Gasteiger partial charge in [0.2, 0.25) is 5.82 Å². The average Bonchev–Trinajstić information content (AvgIpc) is 3.04. The van der Waals surface area contributed by atoms with Gasteiger partial charge in [0.15, 0.2) is 0 Å². The fraction of sp³-hybridized carbons (Fsp3) is 0.214. The van der Waals surface area contributed by atoms with Crippen molar-refractivity contribution in [1.82, 2.24) is 20.6 Å². The number of ether oxygens (including phenoxy) is 1. The zero-order valence-corrected chi connectivity index (χ0v) is 12.1. The number of carbonyl (C=O) groups excluding carboxylic acids is 1. The van der Waals surface area contributed by atoms with Crippen molar-refractivity contribution >= 4 is 17.2 Å². The second-order valence-electron chi connectivity index (χ2n) is 4.25. The van der Waals surface area contributed by atoms with E-state index in [1.165, 1.54) is 6.20 Å². The normalized spacial score (nSPS) is 10.9. The van der Waals surface area contributed by atoms with Crippen molar-refractivity contribution in [3.8, 4) is 6.07 Å². The number of hydrogen-bond acceptors (Lipinski definition) is 7. The number of rotatable bonds is 5. The van der Waals surface area contributed by atoms with E-state index in [0.29, 0.717) is 17.9 Å². The number of hydrogen-bond donors (Lipinski definition) is 2. The molecular weight excluding hydrogens is 284 g/mol. The lowest BCUT2D eigenvalue weighted by Crippen LogP contribution is -2.08. The molecule has 0 saturated carbocycles. The number of aromatic nitrogens is 4. The first kappa shape index (κ1) is 15.2. The Hall–Kier alpha value is -3.21. The van der Waals surface area contributed by atoms with Gasteiger partial charge in [-0.05, 0) is 36.8 Å². The third-order valence-electron chi connectivity index (χ3n) is 2.91. The number of anilines is 1. The van der Waals surface area contributed by atoms with E-state index in [1.54, 1.807) is 32.0 Å². The Morgan fingerprint density at radius 2 is 2.36 bits per heavy atom. The number of aromatic amines is 1. The van der Waals surface area contributed by atoms with Gasteiger partial charge in [-0.1, -0.05) is 6.07 Å². The van der Waals surface area contributed by atoms with Gasteiger partial charge in [-0.15, -0.1) is 10.2 Å². The summed E-state index contributed by atoms with van der Waals surface area (Å²) in [7, 11) is 0. The van der Waals surface area contributed by atoms with E-state index >= 15 is 0 Å². The number of nitriles is 1. The Balaban J connectivity index is 2.25. The Bertz CT molecular complexity index is 730. The standard InChI is InChI=1S/C14H14N6O2/c1-3-22-14(21)11-5-4-6-12(9(11)2)16-8-10(7-15)13-17-19-20-18-13/h4-6,8,16H,3H2,1-2H3,(H,17,18,19,20). The first-order valence-electron chi connectivity index (χ1n) is 6.54. The molecule has 2 aromatic rings. The molecule has 0 saturated heterocycles. The van der Waals surface area contributed by atoms with Gasteiger partial charge in [-0.2, -0.15) is 10.5 Å². The van der Waals surface area contributed by atoms with Crippen LogP contribution >= 0.6 is 0 Å². The monoisotopic (exact) mass is 298 g/mol. The lowest BCUT2D eigenvalue weighted by Gasteiger charge is -2.10. The van der Waals surface area contributed by atoms with E-state index in [4.69, 9.17) is 10.00 Å². The van der Waals surface area contributed by atoms with E-state index < -0.39 is 0 Å². The summed E-state index contributed by atoms with van der Waals surface area (Å²) in [5, 5.41) is 25.2. The van der Waals surface area contributed by atoms with Crippen LogP contribution in [0.2, 0.25) is 0 Å². The highest BCUT2D eigenvalue weighted by Gasteiger charge is 2.12. The maximum absolute atomic E-state index is 11.8. The average molecular weight is 298 g/mol. The van der Waals surface area contributed by atoms with E-state index in [0.717, 1.165) is 5.56 Å². The molecule has 0 aliphatic rings. The fourth-order valence-corrected chi connectivity index (χ4v) is 1.79. The molecule has 8 heteroatoms. The quantitative estimate of drug-likeness (QED) is 0.636. The second-order valence-corrected chi connectivity index (χ2v) is 4.25. The van der Waals surface area contributed by atoms with Crippen molar-refractivity contribution in [1.29, 1.82) is 5.26 Å². The fourth-order valence-electron chi connectivity index (χ4n) is 1.79. The van der Waals surface area contributed by atoms with Gasteiger partial charge in [0.25, 0.3) is 0 Å². The smallest absolute Gasteiger partial charge is 0.338 e. The SMILES string of the molecule is CCOC(=O)c1cccc(NC=C(C#N)c2nn[nH]n2)c1C. The molecule has 1 aromatic heterocycles. The van der Waals surface area contributed by atoms with Crippen molar-refractivity contribution in [3.63, 3.8) is 0 Å². The van der Waals surface area contributed by atoms with E-state index in [2.05, 4.69) is 25.9 Å². The zero-order chi connectivity index (χ0) is 15.9. The van der Waals surface area contributed by atoms with E-state index in [-0.39, 0.29) is 17.4 Å². The number of esters is 1. The number of allylic oxidation sites excluding steroid dienone is 1. The molecule has 0 bridgehead atoms. The van der Waals surface area contributed by atoms with Crippen LogP contribution in [0.1, 0.15) is 28.7 Å². The Morgan fingerprint density at radius 1 is 1.55 bits per heavy atom. The molecule has 0 radical (unpaired) electrons. The maximum Gasteiger partial charge on any atom is 0.338 e. The second kappa shape index (κ2) is 6.99. The van der Waals surface area contributed by atoms with Gasteiger partial charge in [-0.25, -0.2) is 4.79 Å². The van der Waals surface area contributed by atoms with Crippen molar-refractivity contribution in [3.05, 3.63) is 41.4 Å². The number of tetrazole rings is 1.